The molecule has 3 rings (SSSR count). The lowest BCUT2D eigenvalue weighted by Crippen LogP contribution is -2.34. The minimum absolute atomic E-state index is 0.0773. The predicted octanol–water partition coefficient (Wildman–Crippen LogP) is 4.07. The number of pyridine rings is 1. The molecular weight excluding hydrogens is 322 g/mol. The zero-order valence-corrected chi connectivity index (χ0v) is 15.7. The maximum absolute atomic E-state index is 12.0. The van der Waals surface area contributed by atoms with E-state index in [1.54, 1.807) is 0 Å². The molecule has 0 unspecified atom stereocenters. The Kier molecular flexibility index (Phi) is 6.64. The summed E-state index contributed by atoms with van der Waals surface area (Å²) in [5.74, 6) is 0.678. The Hall–Kier alpha value is -2.36. The Labute approximate surface area is 156 Å². The van der Waals surface area contributed by atoms with Crippen LogP contribution in [0.1, 0.15) is 48.7 Å². The summed E-state index contributed by atoms with van der Waals surface area (Å²) >= 11 is 0. The molecule has 4 nitrogen and oxygen atoms in total. The maximum Gasteiger partial charge on any atom is 0.269 e. The van der Waals surface area contributed by atoms with Crippen LogP contribution in [-0.2, 0) is 6.42 Å². The average molecular weight is 351 g/mol. The number of piperidine rings is 1. The molecule has 0 saturated carbocycles. The van der Waals surface area contributed by atoms with Gasteiger partial charge in [0.25, 0.3) is 5.91 Å². The van der Waals surface area contributed by atoms with Crippen LogP contribution in [0.25, 0.3) is 0 Å². The summed E-state index contributed by atoms with van der Waals surface area (Å²) in [7, 11) is 0. The van der Waals surface area contributed by atoms with Gasteiger partial charge in [-0.3, -0.25) is 4.79 Å². The summed E-state index contributed by atoms with van der Waals surface area (Å²) in [6.45, 7) is 4.94. The first-order valence-electron chi connectivity index (χ1n) is 9.79. The normalized spacial score (nSPS) is 15.0. The third kappa shape index (κ3) is 5.07. The Morgan fingerprint density at radius 3 is 2.58 bits per heavy atom. The lowest BCUT2D eigenvalue weighted by molar-refractivity contribution is 0.0948. The van der Waals surface area contributed by atoms with E-state index in [9.17, 15) is 4.79 Å². The van der Waals surface area contributed by atoms with Gasteiger partial charge in [-0.15, -0.1) is 0 Å². The average Bonchev–Trinajstić information content (AvgIpc) is 2.70. The second-order valence-electron chi connectivity index (χ2n) is 7.13. The van der Waals surface area contributed by atoms with Gasteiger partial charge in [0.1, 0.15) is 5.69 Å². The Morgan fingerprint density at radius 2 is 1.92 bits per heavy atom. The minimum Gasteiger partial charge on any atom is -0.370 e. The van der Waals surface area contributed by atoms with Gasteiger partial charge in [0.05, 0.1) is 11.9 Å². The standard InChI is InChI=1S/C22H29N3O/c1-2-3-13-23-22(26)21-10-9-20(17-24-21)25-14-11-19(12-15-25)16-18-7-5-4-6-8-18/h4-10,17,19H,2-3,11-16H2,1H3,(H,23,26). The lowest BCUT2D eigenvalue weighted by Gasteiger charge is -2.33. The van der Waals surface area contributed by atoms with Crippen molar-refractivity contribution < 1.29 is 4.79 Å². The first-order chi connectivity index (χ1) is 12.8. The van der Waals surface area contributed by atoms with Crippen molar-refractivity contribution in [3.63, 3.8) is 0 Å². The first kappa shape index (κ1) is 18.4. The number of benzene rings is 1. The minimum atomic E-state index is -0.0773. The van der Waals surface area contributed by atoms with Crippen molar-refractivity contribution in [2.75, 3.05) is 24.5 Å². The van der Waals surface area contributed by atoms with E-state index in [0.717, 1.165) is 37.5 Å². The molecule has 1 aliphatic heterocycles. The van der Waals surface area contributed by atoms with E-state index in [2.05, 4.69) is 52.5 Å². The third-order valence-electron chi connectivity index (χ3n) is 5.14. The number of nitrogens with one attached hydrogen (secondary N) is 1. The van der Waals surface area contributed by atoms with Crippen molar-refractivity contribution >= 4 is 11.6 Å². The molecular formula is C22H29N3O. The van der Waals surface area contributed by atoms with Gasteiger partial charge in [-0.25, -0.2) is 4.98 Å². The van der Waals surface area contributed by atoms with Crippen LogP contribution in [0.5, 0.6) is 0 Å². The van der Waals surface area contributed by atoms with Gasteiger partial charge in [0, 0.05) is 19.6 Å². The number of anilines is 1. The highest BCUT2D eigenvalue weighted by molar-refractivity contribution is 5.92. The number of hydrogen-bond acceptors (Lipinski definition) is 3. The third-order valence-corrected chi connectivity index (χ3v) is 5.14. The number of hydrogen-bond donors (Lipinski definition) is 1. The number of nitrogens with zero attached hydrogens (tertiary/aromatic N) is 2. The Bertz CT molecular complexity index is 676. The number of rotatable bonds is 7. The molecule has 0 radical (unpaired) electrons. The van der Waals surface area contributed by atoms with Crippen molar-refractivity contribution in [3.05, 3.63) is 59.9 Å². The highest BCUT2D eigenvalue weighted by Gasteiger charge is 2.20. The van der Waals surface area contributed by atoms with Crippen LogP contribution >= 0.6 is 0 Å². The smallest absolute Gasteiger partial charge is 0.269 e. The number of amides is 1. The van der Waals surface area contributed by atoms with Gasteiger partial charge in [-0.1, -0.05) is 43.7 Å². The van der Waals surface area contributed by atoms with Gasteiger partial charge < -0.3 is 10.2 Å². The fourth-order valence-electron chi connectivity index (χ4n) is 3.52. The van der Waals surface area contributed by atoms with E-state index >= 15 is 0 Å². The monoisotopic (exact) mass is 351 g/mol. The fraction of sp³-hybridized carbons (Fsp3) is 0.455. The van der Waals surface area contributed by atoms with Crippen LogP contribution in [0.3, 0.4) is 0 Å². The topological polar surface area (TPSA) is 45.2 Å². The molecule has 4 heteroatoms. The molecule has 1 N–H and O–H groups in total. The Balaban J connectivity index is 1.49. The molecule has 1 saturated heterocycles. The van der Waals surface area contributed by atoms with Crippen molar-refractivity contribution in [2.45, 2.75) is 39.0 Å². The number of aromatic nitrogens is 1. The van der Waals surface area contributed by atoms with Crippen molar-refractivity contribution in [3.8, 4) is 0 Å². The van der Waals surface area contributed by atoms with E-state index in [1.807, 2.05) is 18.3 Å². The molecule has 0 bridgehead atoms. The second kappa shape index (κ2) is 9.37. The van der Waals surface area contributed by atoms with Gasteiger partial charge in [-0.2, -0.15) is 0 Å². The Morgan fingerprint density at radius 1 is 1.15 bits per heavy atom. The summed E-state index contributed by atoms with van der Waals surface area (Å²) in [4.78, 5) is 18.8. The predicted molar refractivity (Wildman–Crippen MR) is 107 cm³/mol. The zero-order valence-electron chi connectivity index (χ0n) is 15.7. The van der Waals surface area contributed by atoms with Crippen LogP contribution in [0.2, 0.25) is 0 Å². The maximum atomic E-state index is 12.0. The van der Waals surface area contributed by atoms with Gasteiger partial charge >= 0.3 is 0 Å². The van der Waals surface area contributed by atoms with E-state index < -0.39 is 0 Å². The van der Waals surface area contributed by atoms with E-state index in [4.69, 9.17) is 0 Å². The molecule has 0 spiro atoms. The molecule has 138 valence electrons. The first-order valence-corrected chi connectivity index (χ1v) is 9.79. The zero-order chi connectivity index (χ0) is 18.2. The van der Waals surface area contributed by atoms with Gasteiger partial charge in [0.15, 0.2) is 0 Å². The van der Waals surface area contributed by atoms with Gasteiger partial charge in [0.2, 0.25) is 0 Å². The number of unbranched alkanes of at least 4 members (excludes halogenated alkanes) is 1. The van der Waals surface area contributed by atoms with Crippen molar-refractivity contribution in [1.29, 1.82) is 0 Å². The second-order valence-corrected chi connectivity index (χ2v) is 7.13. The molecule has 0 aliphatic carbocycles. The van der Waals surface area contributed by atoms with Crippen LogP contribution in [0, 0.1) is 5.92 Å². The molecule has 1 amide bonds. The molecule has 0 atom stereocenters. The molecule has 1 aromatic heterocycles. The quantitative estimate of drug-likeness (QED) is 0.765. The summed E-state index contributed by atoms with van der Waals surface area (Å²) < 4.78 is 0. The molecule has 1 aliphatic rings. The van der Waals surface area contributed by atoms with Crippen LogP contribution < -0.4 is 10.2 Å². The number of carbonyl (C=O) groups excluding carboxylic acids is 1. The largest absolute Gasteiger partial charge is 0.370 e. The van der Waals surface area contributed by atoms with Crippen molar-refractivity contribution in [2.24, 2.45) is 5.92 Å². The van der Waals surface area contributed by atoms with Crippen LogP contribution in [-0.4, -0.2) is 30.5 Å². The molecule has 2 aromatic rings. The summed E-state index contributed by atoms with van der Waals surface area (Å²) in [5.41, 5.74) is 3.06. The van der Waals surface area contributed by atoms with Crippen molar-refractivity contribution in [1.82, 2.24) is 10.3 Å². The molecule has 2 heterocycles. The summed E-state index contributed by atoms with van der Waals surface area (Å²) in [5, 5.41) is 2.91. The van der Waals surface area contributed by atoms with E-state index in [0.29, 0.717) is 12.2 Å². The van der Waals surface area contributed by atoms with Crippen LogP contribution in [0.15, 0.2) is 48.7 Å². The molecule has 26 heavy (non-hydrogen) atoms. The summed E-state index contributed by atoms with van der Waals surface area (Å²) in [6.07, 6.45) is 7.49. The SMILES string of the molecule is CCCCNC(=O)c1ccc(N2CCC(Cc3ccccc3)CC2)cn1. The lowest BCUT2D eigenvalue weighted by atomic mass is 9.90. The number of carbonyl (C=O) groups is 1. The molecule has 1 fully saturated rings. The molecule has 1 aromatic carbocycles. The fourth-order valence-corrected chi connectivity index (χ4v) is 3.52. The highest BCUT2D eigenvalue weighted by Crippen LogP contribution is 2.25. The van der Waals surface area contributed by atoms with E-state index in [1.165, 1.54) is 24.8 Å². The summed E-state index contributed by atoms with van der Waals surface area (Å²) in [6, 6.07) is 14.6. The highest BCUT2D eigenvalue weighted by atomic mass is 16.1. The van der Waals surface area contributed by atoms with Gasteiger partial charge in [-0.05, 0) is 49.3 Å². The van der Waals surface area contributed by atoms with E-state index in [-0.39, 0.29) is 5.91 Å². The van der Waals surface area contributed by atoms with Crippen LogP contribution in [0.4, 0.5) is 5.69 Å².